The Morgan fingerprint density at radius 2 is 1.59 bits per heavy atom. The maximum absolute atomic E-state index is 12.3. The molecule has 0 aromatic heterocycles. The van der Waals surface area contributed by atoms with Gasteiger partial charge in [0.15, 0.2) is 9.84 Å². The Morgan fingerprint density at radius 3 is 2.18 bits per heavy atom. The summed E-state index contributed by atoms with van der Waals surface area (Å²) < 4.78 is 24.7. The van der Waals surface area contributed by atoms with Crippen LogP contribution in [0.5, 0.6) is 0 Å². The maximum atomic E-state index is 12.3. The zero-order valence-corrected chi connectivity index (χ0v) is 14.0. The zero-order valence-electron chi connectivity index (χ0n) is 13.2. The van der Waals surface area contributed by atoms with E-state index in [1.54, 1.807) is 0 Å². The van der Waals surface area contributed by atoms with Gasteiger partial charge in [-0.15, -0.1) is 0 Å². The van der Waals surface area contributed by atoms with Gasteiger partial charge in [-0.05, 0) is 37.5 Å². The molecule has 0 aliphatic rings. The lowest BCUT2D eigenvalue weighted by molar-refractivity contribution is 0.201. The van der Waals surface area contributed by atoms with E-state index in [0.29, 0.717) is 5.56 Å². The van der Waals surface area contributed by atoms with Crippen molar-refractivity contribution in [3.63, 3.8) is 0 Å². The Bertz CT molecular complexity index is 743. The van der Waals surface area contributed by atoms with Gasteiger partial charge in [-0.1, -0.05) is 53.6 Å². The number of rotatable bonds is 5. The summed E-state index contributed by atoms with van der Waals surface area (Å²) in [5.74, 6) is -0.300. The molecule has 118 valence electrons. The number of hydrogen-bond acceptors (Lipinski definition) is 3. The van der Waals surface area contributed by atoms with E-state index >= 15 is 0 Å². The average molecular weight is 318 g/mol. The third-order valence-electron chi connectivity index (χ3n) is 3.68. The Labute approximate surface area is 132 Å². The lowest BCUT2D eigenvalue weighted by Crippen LogP contribution is -2.17. The van der Waals surface area contributed by atoms with Crippen LogP contribution in [0.25, 0.3) is 0 Å². The summed E-state index contributed by atoms with van der Waals surface area (Å²) >= 11 is 0. The highest BCUT2D eigenvalue weighted by Gasteiger charge is 2.20. The van der Waals surface area contributed by atoms with E-state index in [0.717, 1.165) is 22.3 Å². The zero-order chi connectivity index (χ0) is 16.3. The molecule has 0 radical (unpaired) electrons. The lowest BCUT2D eigenvalue weighted by Gasteiger charge is -2.14. The summed E-state index contributed by atoms with van der Waals surface area (Å²) in [7, 11) is -3.38. The molecule has 1 N–H and O–H groups in total. The van der Waals surface area contributed by atoms with Crippen molar-refractivity contribution in [3.05, 3.63) is 70.3 Å². The summed E-state index contributed by atoms with van der Waals surface area (Å²) in [5.41, 5.74) is 4.43. The highest BCUT2D eigenvalue weighted by Crippen LogP contribution is 2.21. The molecule has 0 aliphatic heterocycles. The van der Waals surface area contributed by atoms with Gasteiger partial charge in [0.2, 0.25) is 0 Å². The largest absolute Gasteiger partial charge is 0.387 e. The van der Waals surface area contributed by atoms with Crippen molar-refractivity contribution in [2.24, 2.45) is 0 Å². The molecule has 3 nitrogen and oxygen atoms in total. The van der Waals surface area contributed by atoms with Crippen molar-refractivity contribution in [1.29, 1.82) is 0 Å². The van der Waals surface area contributed by atoms with Gasteiger partial charge < -0.3 is 5.11 Å². The van der Waals surface area contributed by atoms with Crippen molar-refractivity contribution in [2.75, 3.05) is 5.75 Å². The summed E-state index contributed by atoms with van der Waals surface area (Å²) in [5, 5.41) is 10.3. The summed E-state index contributed by atoms with van der Waals surface area (Å²) in [6.07, 6.45) is -0.993. The van der Waals surface area contributed by atoms with Crippen molar-refractivity contribution in [3.8, 4) is 0 Å². The first-order chi connectivity index (χ1) is 10.3. The molecular formula is C18H22O3S. The fourth-order valence-corrected chi connectivity index (χ4v) is 4.20. The Hall–Kier alpha value is -1.65. The molecule has 1 unspecified atom stereocenters. The summed E-state index contributed by atoms with van der Waals surface area (Å²) in [6.45, 7) is 5.77. The van der Waals surface area contributed by atoms with Gasteiger partial charge in [-0.3, -0.25) is 0 Å². The van der Waals surface area contributed by atoms with E-state index in [-0.39, 0.29) is 11.5 Å². The second kappa shape index (κ2) is 6.63. The van der Waals surface area contributed by atoms with Crippen molar-refractivity contribution < 1.29 is 13.5 Å². The molecule has 0 saturated heterocycles. The van der Waals surface area contributed by atoms with E-state index < -0.39 is 15.9 Å². The van der Waals surface area contributed by atoms with Crippen LogP contribution < -0.4 is 0 Å². The van der Waals surface area contributed by atoms with E-state index in [1.807, 2.05) is 63.2 Å². The molecular weight excluding hydrogens is 296 g/mol. The number of sulfone groups is 1. The van der Waals surface area contributed by atoms with Crippen LogP contribution in [0.15, 0.2) is 42.5 Å². The topological polar surface area (TPSA) is 54.4 Å². The van der Waals surface area contributed by atoms with E-state index in [1.165, 1.54) is 0 Å². The van der Waals surface area contributed by atoms with Crippen molar-refractivity contribution in [2.45, 2.75) is 32.6 Å². The molecule has 0 fully saturated rings. The standard InChI is InChI=1S/C18H22O3S/c1-13-8-14(2)10-17(9-13)18(19)12-22(20,21)11-16-7-5-4-6-15(16)3/h4-10,18-19H,11-12H2,1-3H3. The van der Waals surface area contributed by atoms with Crippen LogP contribution in [-0.2, 0) is 15.6 Å². The van der Waals surface area contributed by atoms with Crippen molar-refractivity contribution in [1.82, 2.24) is 0 Å². The van der Waals surface area contributed by atoms with Crippen LogP contribution >= 0.6 is 0 Å². The Balaban J connectivity index is 2.16. The Morgan fingerprint density at radius 1 is 1.00 bits per heavy atom. The van der Waals surface area contributed by atoms with Gasteiger partial charge in [-0.25, -0.2) is 8.42 Å². The SMILES string of the molecule is Cc1cc(C)cc(C(O)CS(=O)(=O)Cc2ccccc2C)c1. The normalized spacial score (nSPS) is 13.1. The third kappa shape index (κ3) is 4.42. The second-order valence-electron chi connectivity index (χ2n) is 5.92. The molecule has 0 heterocycles. The molecule has 1 atom stereocenters. The predicted octanol–water partition coefficient (Wildman–Crippen LogP) is 3.26. The van der Waals surface area contributed by atoms with Gasteiger partial charge in [0.25, 0.3) is 0 Å². The van der Waals surface area contributed by atoms with Crippen LogP contribution in [0.3, 0.4) is 0 Å². The number of aliphatic hydroxyl groups is 1. The molecule has 2 aromatic rings. The molecule has 0 amide bonds. The summed E-state index contributed by atoms with van der Waals surface area (Å²) in [4.78, 5) is 0. The van der Waals surface area contributed by atoms with Crippen LogP contribution in [0.1, 0.15) is 33.9 Å². The fourth-order valence-electron chi connectivity index (χ4n) is 2.61. The lowest BCUT2D eigenvalue weighted by atomic mass is 10.0. The molecule has 0 aliphatic carbocycles. The number of benzene rings is 2. The molecule has 0 spiro atoms. The summed E-state index contributed by atoms with van der Waals surface area (Å²) in [6, 6.07) is 13.1. The van der Waals surface area contributed by atoms with Gasteiger partial charge in [-0.2, -0.15) is 0 Å². The van der Waals surface area contributed by atoms with Crippen LogP contribution in [-0.4, -0.2) is 19.3 Å². The number of hydrogen-bond donors (Lipinski definition) is 1. The highest BCUT2D eigenvalue weighted by molar-refractivity contribution is 7.90. The first-order valence-electron chi connectivity index (χ1n) is 7.28. The Kier molecular flexibility index (Phi) is 5.04. The number of aryl methyl sites for hydroxylation is 3. The van der Waals surface area contributed by atoms with Crippen LogP contribution in [0.2, 0.25) is 0 Å². The van der Waals surface area contributed by atoms with Crippen molar-refractivity contribution >= 4 is 9.84 Å². The predicted molar refractivity (Wildman–Crippen MR) is 89.5 cm³/mol. The van der Waals surface area contributed by atoms with Gasteiger partial charge in [0.05, 0.1) is 17.6 Å². The molecule has 0 bridgehead atoms. The van der Waals surface area contributed by atoms with E-state index in [9.17, 15) is 13.5 Å². The maximum Gasteiger partial charge on any atom is 0.157 e. The molecule has 2 aromatic carbocycles. The smallest absolute Gasteiger partial charge is 0.157 e. The van der Waals surface area contributed by atoms with Crippen LogP contribution in [0.4, 0.5) is 0 Å². The fraction of sp³-hybridized carbons (Fsp3) is 0.333. The molecule has 0 saturated carbocycles. The molecule has 4 heteroatoms. The minimum absolute atomic E-state index is 0.0401. The first-order valence-corrected chi connectivity index (χ1v) is 9.10. The highest BCUT2D eigenvalue weighted by atomic mass is 32.2. The quantitative estimate of drug-likeness (QED) is 0.920. The van der Waals surface area contributed by atoms with Gasteiger partial charge in [0.1, 0.15) is 0 Å². The molecule has 22 heavy (non-hydrogen) atoms. The number of aliphatic hydroxyl groups excluding tert-OH is 1. The minimum Gasteiger partial charge on any atom is -0.387 e. The minimum atomic E-state index is -3.38. The van der Waals surface area contributed by atoms with E-state index in [2.05, 4.69) is 0 Å². The van der Waals surface area contributed by atoms with Gasteiger partial charge in [0, 0.05) is 0 Å². The van der Waals surface area contributed by atoms with E-state index in [4.69, 9.17) is 0 Å². The van der Waals surface area contributed by atoms with Gasteiger partial charge >= 0.3 is 0 Å². The average Bonchev–Trinajstić information content (AvgIpc) is 2.39. The molecule has 2 rings (SSSR count). The third-order valence-corrected chi connectivity index (χ3v) is 5.25. The monoisotopic (exact) mass is 318 g/mol. The first kappa shape index (κ1) is 16.7. The van der Waals surface area contributed by atoms with Crippen LogP contribution in [0, 0.1) is 20.8 Å². The second-order valence-corrected chi connectivity index (χ2v) is 8.03.